The van der Waals surface area contributed by atoms with E-state index in [9.17, 15) is 53.9 Å². The quantitative estimate of drug-likeness (QED) is 0.357. The van der Waals surface area contributed by atoms with Crippen LogP contribution < -0.4 is 0 Å². The number of carboxylic acid groups (broad SMARTS) is 1. The third kappa shape index (κ3) is 9.74. The predicted octanol–water partition coefficient (Wildman–Crippen LogP) is 4.50. The summed E-state index contributed by atoms with van der Waals surface area (Å²) in [6, 6.07) is 0. The highest BCUT2D eigenvalue weighted by Crippen LogP contribution is 2.53. The van der Waals surface area contributed by atoms with Crippen LogP contribution >= 0.6 is 0 Å². The molecule has 1 heterocycles. The molecule has 6 nitrogen and oxygen atoms in total. The van der Waals surface area contributed by atoms with Crippen molar-refractivity contribution in [3.8, 4) is 0 Å². The summed E-state index contributed by atoms with van der Waals surface area (Å²) in [5, 5.41) is 7.60. The summed E-state index contributed by atoms with van der Waals surface area (Å²) in [6.07, 6.45) is -8.77. The third-order valence-corrected chi connectivity index (χ3v) is 2.97. The van der Waals surface area contributed by atoms with E-state index in [0.29, 0.717) is 13.0 Å². The zero-order chi connectivity index (χ0) is 25.1. The number of carbonyl (C=O) groups is 3. The first-order valence-electron chi connectivity index (χ1n) is 7.94. The predicted molar refractivity (Wildman–Crippen MR) is 84.4 cm³/mol. The van der Waals surface area contributed by atoms with Gasteiger partial charge in [-0.25, -0.2) is 9.59 Å². The maximum Gasteiger partial charge on any atom is 0.473 e. The van der Waals surface area contributed by atoms with Gasteiger partial charge in [0.25, 0.3) is 0 Å². The summed E-state index contributed by atoms with van der Waals surface area (Å²) in [6.45, 7) is 6.07. The normalized spacial score (nSPS) is 14.9. The van der Waals surface area contributed by atoms with E-state index in [4.69, 9.17) is 9.84 Å². The lowest BCUT2D eigenvalue weighted by molar-refractivity contribution is -0.434. The van der Waals surface area contributed by atoms with Gasteiger partial charge in [-0.15, -0.1) is 0 Å². The Labute approximate surface area is 169 Å². The lowest BCUT2D eigenvalue weighted by Crippen LogP contribution is -2.62. The molecular weight excluding hydrogens is 459 g/mol. The number of halogens is 9. The molecule has 0 unspecified atom stereocenters. The van der Waals surface area contributed by atoms with Gasteiger partial charge >= 0.3 is 42.0 Å². The number of cyclic esters (lactones) is 1. The van der Waals surface area contributed by atoms with E-state index in [1.807, 2.05) is 0 Å². The molecular formula is C16H17F9O6. The Hall–Kier alpha value is -2.74. The molecule has 0 atom stereocenters. The van der Waals surface area contributed by atoms with Crippen LogP contribution in [-0.4, -0.2) is 53.8 Å². The minimum atomic E-state index is -7.09. The highest BCUT2D eigenvalue weighted by Gasteiger charge is 2.83. The molecule has 1 aliphatic heterocycles. The van der Waals surface area contributed by atoms with Gasteiger partial charge in [0.2, 0.25) is 0 Å². The summed E-state index contributed by atoms with van der Waals surface area (Å²) in [5.74, 6) is -17.4. The average molecular weight is 476 g/mol. The Kier molecular flexibility index (Phi) is 12.0. The SMILES string of the molecule is C=CC(=O)O.C=CC(=O)OC(F)(F)C(F)(F)C(F)(F)C(F)(F)F.O=C1CCCCCO1. The number of hydrogen-bond donors (Lipinski definition) is 1. The first-order valence-corrected chi connectivity index (χ1v) is 7.94. The van der Waals surface area contributed by atoms with Gasteiger partial charge in [0.05, 0.1) is 6.61 Å². The Morgan fingerprint density at radius 3 is 1.77 bits per heavy atom. The van der Waals surface area contributed by atoms with Crippen LogP contribution in [0.3, 0.4) is 0 Å². The summed E-state index contributed by atoms with van der Waals surface area (Å²) >= 11 is 0. The smallest absolute Gasteiger partial charge is 0.473 e. The van der Waals surface area contributed by atoms with Gasteiger partial charge in [-0.2, -0.15) is 39.5 Å². The van der Waals surface area contributed by atoms with Gasteiger partial charge < -0.3 is 14.6 Å². The van der Waals surface area contributed by atoms with Crippen molar-refractivity contribution < 1.29 is 68.5 Å². The zero-order valence-corrected chi connectivity index (χ0v) is 15.5. The number of aliphatic carboxylic acids is 1. The van der Waals surface area contributed by atoms with Crippen molar-refractivity contribution in [2.24, 2.45) is 0 Å². The number of rotatable bonds is 5. The number of carboxylic acids is 1. The standard InChI is InChI=1S/C7H3F9O2.C6H10O2.C3H4O2/c1-2-3(17)18-7(15,16)5(10,11)4(8,9)6(12,13)14;7-6-4-2-1-3-5-8-6;1-2-3(4)5/h2H,1H2;1-5H2;2H,1H2,(H,4,5). The molecule has 15 heteroatoms. The van der Waals surface area contributed by atoms with Crippen LogP contribution in [0.1, 0.15) is 25.7 Å². The molecule has 0 aliphatic carbocycles. The summed E-state index contributed by atoms with van der Waals surface area (Å²) in [4.78, 5) is 29.9. The number of esters is 2. The number of ether oxygens (including phenoxy) is 2. The van der Waals surface area contributed by atoms with E-state index >= 15 is 0 Å². The Balaban J connectivity index is 0. The topological polar surface area (TPSA) is 89.9 Å². The summed E-state index contributed by atoms with van der Waals surface area (Å²) in [7, 11) is 0. The second-order valence-electron chi connectivity index (χ2n) is 5.36. The Morgan fingerprint density at radius 2 is 1.39 bits per heavy atom. The van der Waals surface area contributed by atoms with Gasteiger partial charge in [-0.1, -0.05) is 13.2 Å². The molecule has 0 spiro atoms. The maximum atomic E-state index is 12.4. The van der Waals surface area contributed by atoms with E-state index in [-0.39, 0.29) is 12.0 Å². The van der Waals surface area contributed by atoms with Crippen LogP contribution in [-0.2, 0) is 23.9 Å². The molecule has 0 aromatic carbocycles. The highest BCUT2D eigenvalue weighted by atomic mass is 19.4. The Bertz CT molecular complexity index is 634. The van der Waals surface area contributed by atoms with Crippen LogP contribution in [0.2, 0.25) is 0 Å². The lowest BCUT2D eigenvalue weighted by atomic mass is 10.1. The number of hydrogen-bond acceptors (Lipinski definition) is 5. The molecule has 0 bridgehead atoms. The van der Waals surface area contributed by atoms with Gasteiger partial charge in [-0.05, 0) is 19.3 Å². The van der Waals surface area contributed by atoms with Crippen molar-refractivity contribution in [3.05, 3.63) is 25.3 Å². The monoisotopic (exact) mass is 476 g/mol. The fourth-order valence-corrected chi connectivity index (χ4v) is 1.40. The molecule has 1 N–H and O–H groups in total. The molecule has 1 aliphatic rings. The van der Waals surface area contributed by atoms with Gasteiger partial charge in [0.1, 0.15) is 0 Å². The molecule has 1 rings (SSSR count). The van der Waals surface area contributed by atoms with Crippen molar-refractivity contribution in [1.82, 2.24) is 0 Å². The minimum absolute atomic E-state index is 0.0255. The second kappa shape index (κ2) is 12.2. The molecule has 180 valence electrons. The zero-order valence-electron chi connectivity index (χ0n) is 15.5. The van der Waals surface area contributed by atoms with Gasteiger partial charge in [0, 0.05) is 18.6 Å². The van der Waals surface area contributed by atoms with Crippen LogP contribution in [0, 0.1) is 0 Å². The molecule has 0 saturated carbocycles. The van der Waals surface area contributed by atoms with Crippen molar-refractivity contribution in [1.29, 1.82) is 0 Å². The first-order chi connectivity index (χ1) is 13.9. The largest absolute Gasteiger partial charge is 0.478 e. The molecule has 0 aromatic heterocycles. The van der Waals surface area contributed by atoms with E-state index in [1.165, 1.54) is 0 Å². The maximum absolute atomic E-state index is 12.4. The number of alkyl halides is 9. The number of carbonyl (C=O) groups excluding carboxylic acids is 2. The van der Waals surface area contributed by atoms with Gasteiger partial charge in [-0.3, -0.25) is 4.79 Å². The molecule has 1 fully saturated rings. The van der Waals surface area contributed by atoms with E-state index in [0.717, 1.165) is 25.3 Å². The molecule has 0 aromatic rings. The molecule has 0 radical (unpaired) electrons. The fraction of sp³-hybridized carbons (Fsp3) is 0.562. The van der Waals surface area contributed by atoms with Crippen molar-refractivity contribution >= 4 is 17.9 Å². The Morgan fingerprint density at radius 1 is 0.903 bits per heavy atom. The van der Waals surface area contributed by atoms with Crippen molar-refractivity contribution in [3.63, 3.8) is 0 Å². The highest BCUT2D eigenvalue weighted by molar-refractivity contribution is 5.81. The van der Waals surface area contributed by atoms with Crippen molar-refractivity contribution in [2.75, 3.05) is 6.61 Å². The summed E-state index contributed by atoms with van der Waals surface area (Å²) < 4.78 is 116. The minimum Gasteiger partial charge on any atom is -0.478 e. The van der Waals surface area contributed by atoms with E-state index < -0.39 is 36.1 Å². The van der Waals surface area contributed by atoms with Crippen LogP contribution in [0.25, 0.3) is 0 Å². The first kappa shape index (κ1) is 30.5. The summed E-state index contributed by atoms with van der Waals surface area (Å²) in [5.41, 5.74) is 0. The molecule has 1 saturated heterocycles. The average Bonchev–Trinajstić information content (AvgIpc) is 2.88. The van der Waals surface area contributed by atoms with Crippen molar-refractivity contribution in [2.45, 2.75) is 49.8 Å². The second-order valence-corrected chi connectivity index (χ2v) is 5.36. The molecule has 31 heavy (non-hydrogen) atoms. The van der Waals surface area contributed by atoms with E-state index in [2.05, 4.69) is 17.9 Å². The van der Waals surface area contributed by atoms with E-state index in [1.54, 1.807) is 0 Å². The van der Waals surface area contributed by atoms with Crippen LogP contribution in [0.15, 0.2) is 25.3 Å². The fourth-order valence-electron chi connectivity index (χ4n) is 1.40. The van der Waals surface area contributed by atoms with Gasteiger partial charge in [0.15, 0.2) is 0 Å². The van der Waals surface area contributed by atoms with Crippen LogP contribution in [0.4, 0.5) is 39.5 Å². The van der Waals surface area contributed by atoms with Crippen LogP contribution in [0.5, 0.6) is 0 Å². The molecule has 0 amide bonds. The lowest BCUT2D eigenvalue weighted by Gasteiger charge is -2.32. The third-order valence-electron chi connectivity index (χ3n) is 2.97.